The molecule has 0 aromatic carbocycles. The molecule has 17 heavy (non-hydrogen) atoms. The van der Waals surface area contributed by atoms with Gasteiger partial charge in [-0.25, -0.2) is 0 Å². The highest BCUT2D eigenvalue weighted by molar-refractivity contribution is 5.53. The monoisotopic (exact) mass is 238 g/mol. The van der Waals surface area contributed by atoms with Gasteiger partial charge in [0.25, 0.3) is 0 Å². The van der Waals surface area contributed by atoms with E-state index in [0.717, 1.165) is 31.0 Å². The lowest BCUT2D eigenvalue weighted by molar-refractivity contribution is -0.119. The lowest BCUT2D eigenvalue weighted by atomic mass is 9.76. The molecule has 2 aliphatic rings. The van der Waals surface area contributed by atoms with Crippen LogP contribution in [-0.2, 0) is 9.53 Å². The third kappa shape index (κ3) is 3.54. The molecule has 2 heteroatoms. The van der Waals surface area contributed by atoms with E-state index in [2.05, 4.69) is 6.92 Å². The van der Waals surface area contributed by atoms with Crippen molar-refractivity contribution in [2.75, 3.05) is 6.61 Å². The quantitative estimate of drug-likeness (QED) is 0.700. The molecule has 1 saturated heterocycles. The molecule has 0 amide bonds. The average Bonchev–Trinajstić information content (AvgIpc) is 2.40. The zero-order valence-electron chi connectivity index (χ0n) is 11.1. The molecule has 0 radical (unpaired) electrons. The van der Waals surface area contributed by atoms with Crippen molar-refractivity contribution in [1.82, 2.24) is 0 Å². The van der Waals surface area contributed by atoms with Crippen LogP contribution in [0.4, 0.5) is 0 Å². The summed E-state index contributed by atoms with van der Waals surface area (Å²) >= 11 is 0. The maximum atomic E-state index is 10.7. The van der Waals surface area contributed by atoms with Crippen LogP contribution in [0.5, 0.6) is 0 Å². The lowest BCUT2D eigenvalue weighted by Gasteiger charge is -2.36. The third-order valence-electron chi connectivity index (χ3n) is 4.65. The summed E-state index contributed by atoms with van der Waals surface area (Å²) < 4.78 is 5.88. The molecule has 2 fully saturated rings. The van der Waals surface area contributed by atoms with E-state index in [1.54, 1.807) is 0 Å². The maximum Gasteiger partial charge on any atom is 0.125 e. The summed E-state index contributed by atoms with van der Waals surface area (Å²) in [5.74, 6) is 1.92. The molecule has 1 aliphatic heterocycles. The highest BCUT2D eigenvalue weighted by Gasteiger charge is 2.31. The van der Waals surface area contributed by atoms with Crippen LogP contribution >= 0.6 is 0 Å². The molecule has 2 nitrogen and oxygen atoms in total. The van der Waals surface area contributed by atoms with Gasteiger partial charge >= 0.3 is 0 Å². The van der Waals surface area contributed by atoms with Crippen LogP contribution < -0.4 is 0 Å². The first-order chi connectivity index (χ1) is 8.33. The highest BCUT2D eigenvalue weighted by Crippen LogP contribution is 2.37. The topological polar surface area (TPSA) is 26.3 Å². The fourth-order valence-corrected chi connectivity index (χ4v) is 3.53. The SMILES string of the molecule is CCCC1CCC(C2CCC(C=O)CO2)CC1. The Labute approximate surface area is 105 Å². The van der Waals surface area contributed by atoms with Crippen LogP contribution in [0.3, 0.4) is 0 Å². The predicted octanol–water partition coefficient (Wildman–Crippen LogP) is 3.59. The van der Waals surface area contributed by atoms with Gasteiger partial charge in [-0.05, 0) is 37.5 Å². The molecule has 2 atom stereocenters. The molecule has 1 heterocycles. The van der Waals surface area contributed by atoms with Gasteiger partial charge in [-0.3, -0.25) is 0 Å². The van der Waals surface area contributed by atoms with Crippen molar-refractivity contribution < 1.29 is 9.53 Å². The standard InChI is InChI=1S/C15H26O2/c1-2-3-12-4-7-14(8-5-12)15-9-6-13(10-16)11-17-15/h10,12-15H,2-9,11H2,1H3. The Hall–Kier alpha value is -0.370. The smallest absolute Gasteiger partial charge is 0.125 e. The molecular formula is C15H26O2. The molecule has 0 bridgehead atoms. The number of hydrogen-bond acceptors (Lipinski definition) is 2. The van der Waals surface area contributed by atoms with Gasteiger partial charge in [0.15, 0.2) is 0 Å². The van der Waals surface area contributed by atoms with Crippen LogP contribution in [0.25, 0.3) is 0 Å². The average molecular weight is 238 g/mol. The van der Waals surface area contributed by atoms with Crippen LogP contribution in [-0.4, -0.2) is 19.0 Å². The fraction of sp³-hybridized carbons (Fsp3) is 0.933. The molecule has 0 aromatic heterocycles. The molecule has 1 saturated carbocycles. The Morgan fingerprint density at radius 1 is 1.12 bits per heavy atom. The van der Waals surface area contributed by atoms with Gasteiger partial charge in [-0.1, -0.05) is 32.6 Å². The van der Waals surface area contributed by atoms with Gasteiger partial charge in [-0.2, -0.15) is 0 Å². The predicted molar refractivity (Wildman–Crippen MR) is 68.9 cm³/mol. The number of carbonyl (C=O) groups is 1. The summed E-state index contributed by atoms with van der Waals surface area (Å²) in [6.45, 7) is 2.96. The zero-order chi connectivity index (χ0) is 12.1. The molecule has 2 unspecified atom stereocenters. The van der Waals surface area contributed by atoms with E-state index in [4.69, 9.17) is 4.74 Å². The fourth-order valence-electron chi connectivity index (χ4n) is 3.53. The minimum absolute atomic E-state index is 0.169. The Kier molecular flexibility index (Phi) is 5.02. The van der Waals surface area contributed by atoms with Crippen molar-refractivity contribution in [2.45, 2.75) is 64.4 Å². The van der Waals surface area contributed by atoms with Gasteiger partial charge in [0.1, 0.15) is 6.29 Å². The summed E-state index contributed by atoms with van der Waals surface area (Å²) in [7, 11) is 0. The molecule has 0 aromatic rings. The van der Waals surface area contributed by atoms with Gasteiger partial charge < -0.3 is 9.53 Å². The molecule has 98 valence electrons. The second-order valence-corrected chi connectivity index (χ2v) is 5.91. The Bertz CT molecular complexity index is 223. The summed E-state index contributed by atoms with van der Waals surface area (Å²) in [4.78, 5) is 10.7. The summed E-state index contributed by atoms with van der Waals surface area (Å²) in [6.07, 6.45) is 11.9. The van der Waals surface area contributed by atoms with Gasteiger partial charge in [0.2, 0.25) is 0 Å². The highest BCUT2D eigenvalue weighted by atomic mass is 16.5. The van der Waals surface area contributed by atoms with E-state index in [1.807, 2.05) is 0 Å². The van der Waals surface area contributed by atoms with Crippen LogP contribution in [0.2, 0.25) is 0 Å². The first-order valence-electron chi connectivity index (χ1n) is 7.40. The van der Waals surface area contributed by atoms with E-state index in [-0.39, 0.29) is 5.92 Å². The largest absolute Gasteiger partial charge is 0.377 e. The molecule has 1 aliphatic carbocycles. The number of hydrogen-bond donors (Lipinski definition) is 0. The van der Waals surface area contributed by atoms with Crippen molar-refractivity contribution in [3.63, 3.8) is 0 Å². The minimum Gasteiger partial charge on any atom is -0.377 e. The van der Waals surface area contributed by atoms with Crippen molar-refractivity contribution >= 4 is 6.29 Å². The third-order valence-corrected chi connectivity index (χ3v) is 4.65. The Balaban J connectivity index is 1.72. The van der Waals surface area contributed by atoms with Crippen molar-refractivity contribution in [1.29, 1.82) is 0 Å². The van der Waals surface area contributed by atoms with E-state index in [9.17, 15) is 4.79 Å². The Morgan fingerprint density at radius 2 is 1.88 bits per heavy atom. The lowest BCUT2D eigenvalue weighted by Crippen LogP contribution is -2.34. The molecule has 2 rings (SSSR count). The molecule has 0 N–H and O–H groups in total. The normalized spacial score (nSPS) is 38.9. The second kappa shape index (κ2) is 6.53. The number of carbonyl (C=O) groups excluding carboxylic acids is 1. The summed E-state index contributed by atoms with van der Waals surface area (Å²) in [5, 5.41) is 0. The number of ether oxygens (including phenoxy) is 1. The number of aldehydes is 1. The maximum absolute atomic E-state index is 10.7. The Morgan fingerprint density at radius 3 is 2.41 bits per heavy atom. The van der Waals surface area contributed by atoms with E-state index < -0.39 is 0 Å². The second-order valence-electron chi connectivity index (χ2n) is 5.91. The van der Waals surface area contributed by atoms with Gasteiger partial charge in [-0.15, -0.1) is 0 Å². The van der Waals surface area contributed by atoms with E-state index in [0.29, 0.717) is 12.7 Å². The first kappa shape index (κ1) is 13.1. The van der Waals surface area contributed by atoms with Crippen molar-refractivity contribution in [3.05, 3.63) is 0 Å². The van der Waals surface area contributed by atoms with Gasteiger partial charge in [0.05, 0.1) is 12.7 Å². The minimum atomic E-state index is 0.169. The van der Waals surface area contributed by atoms with Crippen LogP contribution in [0, 0.1) is 17.8 Å². The summed E-state index contributed by atoms with van der Waals surface area (Å²) in [5.41, 5.74) is 0. The zero-order valence-corrected chi connectivity index (χ0v) is 11.1. The van der Waals surface area contributed by atoms with Crippen LogP contribution in [0.15, 0.2) is 0 Å². The molecule has 0 spiro atoms. The van der Waals surface area contributed by atoms with Crippen molar-refractivity contribution in [2.24, 2.45) is 17.8 Å². The van der Waals surface area contributed by atoms with E-state index >= 15 is 0 Å². The first-order valence-corrected chi connectivity index (χ1v) is 7.40. The summed E-state index contributed by atoms with van der Waals surface area (Å²) in [6, 6.07) is 0. The van der Waals surface area contributed by atoms with E-state index in [1.165, 1.54) is 38.5 Å². The van der Waals surface area contributed by atoms with Gasteiger partial charge in [0, 0.05) is 5.92 Å². The van der Waals surface area contributed by atoms with Crippen molar-refractivity contribution in [3.8, 4) is 0 Å². The molecular weight excluding hydrogens is 212 g/mol. The van der Waals surface area contributed by atoms with Crippen LogP contribution in [0.1, 0.15) is 58.3 Å². The number of rotatable bonds is 4.